The van der Waals surface area contributed by atoms with Crippen molar-refractivity contribution in [1.82, 2.24) is 0 Å². The lowest BCUT2D eigenvalue weighted by molar-refractivity contribution is -0.383. The number of nitro benzene ring substituents is 1. The first kappa shape index (κ1) is 10.3. The minimum atomic E-state index is -0.478. The fourth-order valence-corrected chi connectivity index (χ4v) is 1.10. The molecule has 0 aliphatic rings. The van der Waals surface area contributed by atoms with E-state index in [4.69, 9.17) is 5.11 Å². The summed E-state index contributed by atoms with van der Waals surface area (Å²) in [4.78, 5) is 10.1. The first-order valence-corrected chi connectivity index (χ1v) is 4.00. The van der Waals surface area contributed by atoms with Crippen LogP contribution in [0.25, 0.3) is 0 Å². The molecule has 0 atom stereocenters. The predicted molar refractivity (Wildman–Crippen MR) is 53.4 cm³/mol. The van der Waals surface area contributed by atoms with Gasteiger partial charge in [0.05, 0.1) is 4.92 Å². The van der Waals surface area contributed by atoms with E-state index in [-0.39, 0.29) is 12.4 Å². The van der Waals surface area contributed by atoms with Crippen molar-refractivity contribution in [2.24, 2.45) is 0 Å². The quantitative estimate of drug-likeness (QED) is 0.380. The Morgan fingerprint density at radius 2 is 2.29 bits per heavy atom. The van der Waals surface area contributed by atoms with Crippen molar-refractivity contribution in [2.75, 3.05) is 24.4 Å². The topological polar surface area (TPSA) is 87.4 Å². The van der Waals surface area contributed by atoms with Gasteiger partial charge in [-0.1, -0.05) is 0 Å². The number of anilines is 2. The number of rotatable bonds is 4. The third kappa shape index (κ3) is 2.11. The van der Waals surface area contributed by atoms with Gasteiger partial charge in [0, 0.05) is 18.8 Å². The average molecular weight is 197 g/mol. The Labute approximate surface area is 80.7 Å². The Bertz CT molecular complexity index is 341. The Morgan fingerprint density at radius 1 is 1.57 bits per heavy atom. The maximum Gasteiger partial charge on any atom is 0.294 e. The molecule has 0 unspecified atom stereocenters. The van der Waals surface area contributed by atoms with Gasteiger partial charge >= 0.3 is 0 Å². The molecule has 0 saturated carbocycles. The molecule has 1 aromatic carbocycles. The zero-order valence-corrected chi connectivity index (χ0v) is 7.65. The number of hydrogen-bond donors (Lipinski definition) is 3. The lowest BCUT2D eigenvalue weighted by Gasteiger charge is -2.05. The maximum absolute atomic E-state index is 10.6. The summed E-state index contributed by atoms with van der Waals surface area (Å²) in [5.74, 6) is 0. The third-order valence-corrected chi connectivity index (χ3v) is 1.75. The van der Waals surface area contributed by atoms with Gasteiger partial charge in [-0.25, -0.2) is 0 Å². The van der Waals surface area contributed by atoms with Crippen LogP contribution in [0, 0.1) is 10.1 Å². The summed E-state index contributed by atoms with van der Waals surface area (Å²) in [6.07, 6.45) is 0. The minimum absolute atomic E-state index is 0.0223. The number of aliphatic hydroxyl groups is 1. The molecule has 1 aromatic rings. The van der Waals surface area contributed by atoms with E-state index >= 15 is 0 Å². The number of benzene rings is 1. The lowest BCUT2D eigenvalue weighted by atomic mass is 10.2. The largest absolute Gasteiger partial charge is 0.383 e. The fraction of sp³-hybridized carbons (Fsp3) is 0.250. The van der Waals surface area contributed by atoms with E-state index in [0.717, 1.165) is 0 Å². The summed E-state index contributed by atoms with van der Waals surface area (Å²) in [6, 6.07) is 4.59. The average Bonchev–Trinajstić information content (AvgIpc) is 2.18. The molecule has 14 heavy (non-hydrogen) atoms. The molecule has 76 valence electrons. The van der Waals surface area contributed by atoms with E-state index in [2.05, 4.69) is 10.6 Å². The van der Waals surface area contributed by atoms with Gasteiger partial charge in [-0.05, 0) is 12.1 Å². The molecule has 1 rings (SSSR count). The molecule has 0 fully saturated rings. The molecule has 0 amide bonds. The second-order valence-corrected chi connectivity index (χ2v) is 2.57. The normalized spacial score (nSPS) is 9.57. The molecule has 0 spiro atoms. The van der Waals surface area contributed by atoms with Crippen molar-refractivity contribution in [2.45, 2.75) is 0 Å². The minimum Gasteiger partial charge on any atom is -0.383 e. The van der Waals surface area contributed by atoms with Gasteiger partial charge in [-0.3, -0.25) is 10.1 Å². The highest BCUT2D eigenvalue weighted by Crippen LogP contribution is 2.27. The molecule has 0 bridgehead atoms. The lowest BCUT2D eigenvalue weighted by Crippen LogP contribution is -2.02. The van der Waals surface area contributed by atoms with Gasteiger partial charge in [-0.15, -0.1) is 0 Å². The van der Waals surface area contributed by atoms with Gasteiger partial charge in [0.25, 0.3) is 5.69 Å². The van der Waals surface area contributed by atoms with Crippen molar-refractivity contribution in [3.63, 3.8) is 0 Å². The Kier molecular flexibility index (Phi) is 3.24. The highest BCUT2D eigenvalue weighted by molar-refractivity contribution is 5.67. The number of nitrogens with one attached hydrogen (secondary N) is 2. The summed E-state index contributed by atoms with van der Waals surface area (Å²) in [7, 11) is 1.61. The van der Waals surface area contributed by atoms with E-state index in [9.17, 15) is 10.1 Å². The van der Waals surface area contributed by atoms with Crippen LogP contribution < -0.4 is 10.6 Å². The van der Waals surface area contributed by atoms with Crippen LogP contribution in [0.2, 0.25) is 0 Å². The van der Waals surface area contributed by atoms with E-state index in [1.54, 1.807) is 19.2 Å². The van der Waals surface area contributed by atoms with Crippen molar-refractivity contribution in [3.8, 4) is 0 Å². The summed E-state index contributed by atoms with van der Waals surface area (Å²) >= 11 is 0. The van der Waals surface area contributed by atoms with Crippen molar-refractivity contribution < 1.29 is 10.0 Å². The molecule has 6 heteroatoms. The standard InChI is InChI=1S/C8H11N3O3/c1-9-7-3-2-6(10-5-12)4-8(7)11(13)14/h2-4,9-10,12H,5H2,1H3. The molecular weight excluding hydrogens is 186 g/mol. The number of nitrogens with zero attached hydrogens (tertiary/aromatic N) is 1. The monoisotopic (exact) mass is 197 g/mol. The smallest absolute Gasteiger partial charge is 0.294 e. The molecule has 0 aliphatic carbocycles. The van der Waals surface area contributed by atoms with Crippen molar-refractivity contribution in [3.05, 3.63) is 28.3 Å². The first-order valence-electron chi connectivity index (χ1n) is 4.00. The van der Waals surface area contributed by atoms with Gasteiger partial charge in [0.15, 0.2) is 0 Å². The zero-order valence-electron chi connectivity index (χ0n) is 7.65. The molecule has 0 radical (unpaired) electrons. The number of aliphatic hydroxyl groups excluding tert-OH is 1. The van der Waals surface area contributed by atoms with Crippen LogP contribution in [0.3, 0.4) is 0 Å². The highest BCUT2D eigenvalue weighted by atomic mass is 16.6. The summed E-state index contributed by atoms with van der Waals surface area (Å²) in [5, 5.41) is 24.5. The molecule has 0 saturated heterocycles. The van der Waals surface area contributed by atoms with Gasteiger partial charge in [0.1, 0.15) is 12.4 Å². The predicted octanol–water partition coefficient (Wildman–Crippen LogP) is 0.998. The molecular formula is C8H11N3O3. The van der Waals surface area contributed by atoms with Crippen LogP contribution in [0.1, 0.15) is 0 Å². The summed E-state index contributed by atoms with van der Waals surface area (Å²) in [5.41, 5.74) is 0.933. The molecule has 0 aromatic heterocycles. The number of hydrogen-bond acceptors (Lipinski definition) is 5. The maximum atomic E-state index is 10.6. The highest BCUT2D eigenvalue weighted by Gasteiger charge is 2.12. The second-order valence-electron chi connectivity index (χ2n) is 2.57. The van der Waals surface area contributed by atoms with Crippen LogP contribution in [-0.2, 0) is 0 Å². The SMILES string of the molecule is CNc1ccc(NCO)cc1[N+](=O)[O-]. The van der Waals surface area contributed by atoms with E-state index in [1.807, 2.05) is 0 Å². The summed E-state index contributed by atoms with van der Waals surface area (Å²) in [6.45, 7) is -0.254. The molecule has 0 heterocycles. The first-order chi connectivity index (χ1) is 6.69. The molecule has 3 N–H and O–H groups in total. The number of nitro groups is 1. The van der Waals surface area contributed by atoms with Crippen LogP contribution >= 0.6 is 0 Å². The second kappa shape index (κ2) is 4.43. The van der Waals surface area contributed by atoms with E-state index < -0.39 is 4.92 Å². The van der Waals surface area contributed by atoms with Crippen LogP contribution in [0.4, 0.5) is 17.1 Å². The molecule has 6 nitrogen and oxygen atoms in total. The van der Waals surface area contributed by atoms with E-state index in [0.29, 0.717) is 11.4 Å². The fourth-order valence-electron chi connectivity index (χ4n) is 1.10. The van der Waals surface area contributed by atoms with Crippen molar-refractivity contribution in [1.29, 1.82) is 0 Å². The zero-order chi connectivity index (χ0) is 10.6. The Balaban J connectivity index is 3.07. The third-order valence-electron chi connectivity index (χ3n) is 1.75. The van der Waals surface area contributed by atoms with E-state index in [1.165, 1.54) is 6.07 Å². The van der Waals surface area contributed by atoms with Crippen molar-refractivity contribution >= 4 is 17.1 Å². The van der Waals surface area contributed by atoms with Crippen LogP contribution in [0.15, 0.2) is 18.2 Å². The van der Waals surface area contributed by atoms with Gasteiger partial charge in [0.2, 0.25) is 0 Å². The Morgan fingerprint density at radius 3 is 2.79 bits per heavy atom. The Hall–Kier alpha value is -1.82. The van der Waals surface area contributed by atoms with Crippen LogP contribution in [-0.4, -0.2) is 23.8 Å². The summed E-state index contributed by atoms with van der Waals surface area (Å²) < 4.78 is 0. The van der Waals surface area contributed by atoms with Gasteiger partial charge in [-0.2, -0.15) is 0 Å². The van der Waals surface area contributed by atoms with Crippen LogP contribution in [0.5, 0.6) is 0 Å². The molecule has 0 aliphatic heterocycles. The van der Waals surface area contributed by atoms with Gasteiger partial charge < -0.3 is 15.7 Å².